The van der Waals surface area contributed by atoms with Crippen molar-refractivity contribution in [2.24, 2.45) is 0 Å². The Labute approximate surface area is 148 Å². The third-order valence-corrected chi connectivity index (χ3v) is 5.02. The Morgan fingerprint density at radius 1 is 1.24 bits per heavy atom. The van der Waals surface area contributed by atoms with Gasteiger partial charge in [-0.1, -0.05) is 0 Å². The SMILES string of the molecule is COc1ccc(C(=O)OCc2nc(N)c3c(C)c(C)sc3n2)c(N)c1. The molecule has 130 valence electrons. The largest absolute Gasteiger partial charge is 0.497 e. The zero-order chi connectivity index (χ0) is 18.1. The van der Waals surface area contributed by atoms with Gasteiger partial charge in [0.2, 0.25) is 0 Å². The molecule has 0 spiro atoms. The summed E-state index contributed by atoms with van der Waals surface area (Å²) in [6.07, 6.45) is 0. The van der Waals surface area contributed by atoms with Gasteiger partial charge in [-0.25, -0.2) is 14.8 Å². The molecule has 0 amide bonds. The highest BCUT2D eigenvalue weighted by atomic mass is 32.1. The van der Waals surface area contributed by atoms with Crippen LogP contribution in [0.1, 0.15) is 26.6 Å². The van der Waals surface area contributed by atoms with Crippen LogP contribution < -0.4 is 16.2 Å². The van der Waals surface area contributed by atoms with E-state index in [1.54, 1.807) is 18.2 Å². The van der Waals surface area contributed by atoms with Gasteiger partial charge in [0.25, 0.3) is 0 Å². The van der Waals surface area contributed by atoms with Crippen LogP contribution in [0, 0.1) is 13.8 Å². The Morgan fingerprint density at radius 3 is 2.68 bits per heavy atom. The van der Waals surface area contributed by atoms with Gasteiger partial charge in [0.1, 0.15) is 16.4 Å². The van der Waals surface area contributed by atoms with E-state index in [2.05, 4.69) is 9.97 Å². The molecule has 0 unspecified atom stereocenters. The standard InChI is InChI=1S/C17H18N4O3S/c1-8-9(2)25-16-14(8)15(19)20-13(21-16)7-24-17(22)11-5-4-10(23-3)6-12(11)18/h4-6H,7,18H2,1-3H3,(H2,19,20,21). The van der Waals surface area contributed by atoms with Crippen LogP contribution in [0.4, 0.5) is 11.5 Å². The van der Waals surface area contributed by atoms with Crippen molar-refractivity contribution in [1.82, 2.24) is 9.97 Å². The van der Waals surface area contributed by atoms with E-state index in [9.17, 15) is 4.79 Å². The van der Waals surface area contributed by atoms with Gasteiger partial charge in [0, 0.05) is 16.6 Å². The molecule has 2 aromatic heterocycles. The van der Waals surface area contributed by atoms with Crippen LogP contribution in [0.5, 0.6) is 5.75 Å². The molecule has 0 radical (unpaired) electrons. The molecule has 8 heteroatoms. The summed E-state index contributed by atoms with van der Waals surface area (Å²) in [5.74, 6) is 0.758. The highest BCUT2D eigenvalue weighted by Crippen LogP contribution is 2.32. The molecule has 1 aromatic carbocycles. The van der Waals surface area contributed by atoms with Crippen LogP contribution in [-0.4, -0.2) is 23.0 Å². The minimum atomic E-state index is -0.555. The molecule has 3 aromatic rings. The summed E-state index contributed by atoms with van der Waals surface area (Å²) in [4.78, 5) is 22.8. The number of nitrogen functional groups attached to an aromatic ring is 2. The van der Waals surface area contributed by atoms with Gasteiger partial charge in [0.15, 0.2) is 12.4 Å². The number of thiophene rings is 1. The monoisotopic (exact) mass is 358 g/mol. The predicted molar refractivity (Wildman–Crippen MR) is 97.8 cm³/mol. The maximum absolute atomic E-state index is 12.2. The molecule has 0 aliphatic carbocycles. The predicted octanol–water partition coefficient (Wildman–Crippen LogP) is 2.84. The smallest absolute Gasteiger partial charge is 0.340 e. The van der Waals surface area contributed by atoms with E-state index in [1.807, 2.05) is 13.8 Å². The Balaban J connectivity index is 1.79. The average molecular weight is 358 g/mol. The Bertz CT molecular complexity index is 968. The van der Waals surface area contributed by atoms with Gasteiger partial charge in [-0.2, -0.15) is 0 Å². The van der Waals surface area contributed by atoms with E-state index in [4.69, 9.17) is 20.9 Å². The lowest BCUT2D eigenvalue weighted by Gasteiger charge is -2.08. The molecule has 0 aliphatic heterocycles. The number of rotatable bonds is 4. The zero-order valence-electron chi connectivity index (χ0n) is 14.1. The Morgan fingerprint density at radius 2 is 2.00 bits per heavy atom. The van der Waals surface area contributed by atoms with Crippen LogP contribution in [0.15, 0.2) is 18.2 Å². The molecule has 0 fully saturated rings. The maximum Gasteiger partial charge on any atom is 0.340 e. The number of carbonyl (C=O) groups excluding carboxylic acids is 1. The lowest BCUT2D eigenvalue weighted by molar-refractivity contribution is 0.0464. The number of nitrogens with two attached hydrogens (primary N) is 2. The number of esters is 1. The first kappa shape index (κ1) is 17.0. The molecule has 3 rings (SSSR count). The fraction of sp³-hybridized carbons (Fsp3) is 0.235. The number of aromatic nitrogens is 2. The topological polar surface area (TPSA) is 113 Å². The number of aryl methyl sites for hydroxylation is 2. The van der Waals surface area contributed by atoms with Gasteiger partial charge < -0.3 is 20.9 Å². The van der Waals surface area contributed by atoms with E-state index >= 15 is 0 Å². The number of hydrogen-bond donors (Lipinski definition) is 2. The van der Waals surface area contributed by atoms with Crippen molar-refractivity contribution < 1.29 is 14.3 Å². The fourth-order valence-corrected chi connectivity index (χ4v) is 3.51. The second-order valence-corrected chi connectivity index (χ2v) is 6.72. The average Bonchev–Trinajstić information content (AvgIpc) is 2.87. The van der Waals surface area contributed by atoms with Crippen LogP contribution in [0.25, 0.3) is 10.2 Å². The molecule has 0 saturated heterocycles. The number of ether oxygens (including phenoxy) is 2. The minimum absolute atomic E-state index is 0.0829. The minimum Gasteiger partial charge on any atom is -0.497 e. The van der Waals surface area contributed by atoms with E-state index in [-0.39, 0.29) is 17.9 Å². The number of carbonyl (C=O) groups is 1. The van der Waals surface area contributed by atoms with Crippen LogP contribution in [0.2, 0.25) is 0 Å². The Kier molecular flexibility index (Phi) is 4.45. The van der Waals surface area contributed by atoms with Crippen molar-refractivity contribution in [3.63, 3.8) is 0 Å². The van der Waals surface area contributed by atoms with Crippen LogP contribution >= 0.6 is 11.3 Å². The summed E-state index contributed by atoms with van der Waals surface area (Å²) in [6.45, 7) is 3.91. The molecular weight excluding hydrogens is 340 g/mol. The quantitative estimate of drug-likeness (QED) is 0.544. The fourth-order valence-electron chi connectivity index (χ4n) is 2.45. The molecule has 4 N–H and O–H groups in total. The van der Waals surface area contributed by atoms with Crippen molar-refractivity contribution in [2.75, 3.05) is 18.6 Å². The summed E-state index contributed by atoms with van der Waals surface area (Å²) in [5.41, 5.74) is 13.5. The normalized spacial score (nSPS) is 10.8. The number of hydrogen-bond acceptors (Lipinski definition) is 8. The molecule has 25 heavy (non-hydrogen) atoms. The van der Waals surface area contributed by atoms with Crippen molar-refractivity contribution in [3.8, 4) is 5.75 Å². The second kappa shape index (κ2) is 6.56. The zero-order valence-corrected chi connectivity index (χ0v) is 14.9. The molecule has 0 atom stereocenters. The summed E-state index contributed by atoms with van der Waals surface area (Å²) in [6, 6.07) is 4.76. The van der Waals surface area contributed by atoms with Gasteiger partial charge in [-0.3, -0.25) is 0 Å². The van der Waals surface area contributed by atoms with E-state index in [0.717, 1.165) is 20.7 Å². The summed E-state index contributed by atoms with van der Waals surface area (Å²) < 4.78 is 10.3. The van der Waals surface area contributed by atoms with Crippen molar-refractivity contribution in [1.29, 1.82) is 0 Å². The number of benzene rings is 1. The molecule has 2 heterocycles. The lowest BCUT2D eigenvalue weighted by atomic mass is 10.2. The number of fused-ring (bicyclic) bond motifs is 1. The van der Waals surface area contributed by atoms with Crippen LogP contribution in [0.3, 0.4) is 0 Å². The molecule has 0 saturated carbocycles. The first-order chi connectivity index (χ1) is 11.9. The Hall–Kier alpha value is -2.87. The third-order valence-electron chi connectivity index (χ3n) is 3.91. The van der Waals surface area contributed by atoms with E-state index in [0.29, 0.717) is 17.4 Å². The number of nitrogens with zero attached hydrogens (tertiary/aromatic N) is 2. The first-order valence-corrected chi connectivity index (χ1v) is 8.35. The molecule has 7 nitrogen and oxygen atoms in total. The summed E-state index contributed by atoms with van der Waals surface area (Å²) in [5, 5.41) is 0.858. The van der Waals surface area contributed by atoms with Gasteiger partial charge in [-0.05, 0) is 31.5 Å². The number of methoxy groups -OCH3 is 1. The van der Waals surface area contributed by atoms with Crippen molar-refractivity contribution in [3.05, 3.63) is 40.0 Å². The third kappa shape index (κ3) is 3.20. The van der Waals surface area contributed by atoms with E-state index in [1.165, 1.54) is 18.4 Å². The van der Waals surface area contributed by atoms with E-state index < -0.39 is 5.97 Å². The second-order valence-electron chi connectivity index (χ2n) is 5.52. The highest BCUT2D eigenvalue weighted by Gasteiger charge is 2.16. The summed E-state index contributed by atoms with van der Waals surface area (Å²) in [7, 11) is 1.53. The highest BCUT2D eigenvalue weighted by molar-refractivity contribution is 7.18. The van der Waals surface area contributed by atoms with Gasteiger partial charge >= 0.3 is 5.97 Å². The van der Waals surface area contributed by atoms with Gasteiger partial charge in [-0.15, -0.1) is 11.3 Å². The van der Waals surface area contributed by atoms with Crippen molar-refractivity contribution >= 4 is 39.0 Å². The summed E-state index contributed by atoms with van der Waals surface area (Å²) >= 11 is 1.54. The molecule has 0 bridgehead atoms. The maximum atomic E-state index is 12.2. The van der Waals surface area contributed by atoms with Crippen LogP contribution in [-0.2, 0) is 11.3 Å². The molecular formula is C17H18N4O3S. The molecule has 0 aliphatic rings. The first-order valence-electron chi connectivity index (χ1n) is 7.53. The van der Waals surface area contributed by atoms with Crippen molar-refractivity contribution in [2.45, 2.75) is 20.5 Å². The number of anilines is 2. The lowest BCUT2D eigenvalue weighted by Crippen LogP contribution is -2.10. The van der Waals surface area contributed by atoms with Gasteiger partial charge in [0.05, 0.1) is 18.1 Å².